The molecule has 1 aliphatic rings. The molecule has 1 saturated heterocycles. The first-order valence-corrected chi connectivity index (χ1v) is 10.5. The molecule has 0 aromatic carbocycles. The molecule has 0 spiro atoms. The second-order valence-corrected chi connectivity index (χ2v) is 7.75. The molecular weight excluding hydrogens is 368 g/mol. The minimum absolute atomic E-state index is 0.0894. The van der Waals surface area contributed by atoms with Crippen molar-refractivity contribution in [3.8, 4) is 0 Å². The monoisotopic (exact) mass is 400 g/mol. The van der Waals surface area contributed by atoms with Crippen LogP contribution < -0.4 is 16.8 Å². The van der Waals surface area contributed by atoms with Crippen LogP contribution in [0.5, 0.6) is 0 Å². The van der Waals surface area contributed by atoms with Crippen LogP contribution in [0.4, 0.5) is 0 Å². The molecule has 2 aromatic heterocycles. The summed E-state index contributed by atoms with van der Waals surface area (Å²) in [5.74, 6) is 0.0545. The van der Waals surface area contributed by atoms with Crippen molar-refractivity contribution in [2.75, 3.05) is 19.6 Å². The Hall–Kier alpha value is -2.45. The van der Waals surface area contributed by atoms with Crippen LogP contribution in [0.25, 0.3) is 10.9 Å². The number of pyridine rings is 1. The third-order valence-corrected chi connectivity index (χ3v) is 5.64. The molecule has 8 nitrogen and oxygen atoms in total. The van der Waals surface area contributed by atoms with E-state index in [-0.39, 0.29) is 17.9 Å². The Kier molecular flexibility index (Phi) is 7.60. The highest BCUT2D eigenvalue weighted by Gasteiger charge is 2.25. The van der Waals surface area contributed by atoms with Crippen LogP contribution in [-0.2, 0) is 16.1 Å². The number of nitrogens with one attached hydrogen (secondary N) is 1. The van der Waals surface area contributed by atoms with E-state index < -0.39 is 6.04 Å². The van der Waals surface area contributed by atoms with Crippen molar-refractivity contribution in [1.29, 1.82) is 0 Å². The number of hydrogen-bond donors (Lipinski definition) is 3. The molecule has 1 atom stereocenters. The van der Waals surface area contributed by atoms with E-state index in [4.69, 9.17) is 11.5 Å². The van der Waals surface area contributed by atoms with E-state index in [0.29, 0.717) is 39.0 Å². The molecule has 29 heavy (non-hydrogen) atoms. The number of likely N-dealkylation sites (tertiary alicyclic amines) is 1. The van der Waals surface area contributed by atoms with Crippen molar-refractivity contribution in [3.63, 3.8) is 0 Å². The zero-order valence-electron chi connectivity index (χ0n) is 16.9. The number of rotatable bonds is 9. The average Bonchev–Trinajstić information content (AvgIpc) is 3.15. The second-order valence-electron chi connectivity index (χ2n) is 7.75. The predicted octanol–water partition coefficient (Wildman–Crippen LogP) is 0.990. The molecule has 158 valence electrons. The highest BCUT2D eigenvalue weighted by Crippen LogP contribution is 2.16. The van der Waals surface area contributed by atoms with Crippen LogP contribution >= 0.6 is 0 Å². The molecule has 8 heteroatoms. The third-order valence-electron chi connectivity index (χ3n) is 5.64. The minimum atomic E-state index is -0.480. The van der Waals surface area contributed by atoms with E-state index in [0.717, 1.165) is 36.6 Å². The van der Waals surface area contributed by atoms with E-state index >= 15 is 0 Å². The van der Waals surface area contributed by atoms with Crippen molar-refractivity contribution < 1.29 is 9.59 Å². The number of amides is 2. The van der Waals surface area contributed by atoms with Gasteiger partial charge in [0.1, 0.15) is 0 Å². The molecule has 0 bridgehead atoms. The van der Waals surface area contributed by atoms with Gasteiger partial charge in [-0.25, -0.2) is 0 Å². The van der Waals surface area contributed by atoms with Gasteiger partial charge in [-0.15, -0.1) is 0 Å². The first kappa shape index (κ1) is 21.3. The molecule has 1 aliphatic heterocycles. The zero-order chi connectivity index (χ0) is 20.6. The number of aryl methyl sites for hydroxylation is 1. The van der Waals surface area contributed by atoms with Gasteiger partial charge in [0, 0.05) is 49.9 Å². The van der Waals surface area contributed by atoms with Crippen molar-refractivity contribution in [3.05, 3.63) is 30.7 Å². The normalized spacial score (nSPS) is 16.1. The first-order chi connectivity index (χ1) is 14.1. The standard InChI is InChI=1S/C21H32N6O2/c22-9-2-1-3-18(23)21(29)25-17-6-12-27(13-7-17)20(28)8-14-26-11-5-16-4-10-24-15-19(16)26/h4-5,10-11,15,17-18H,1-3,6-9,12-14,22-23H2,(H,25,29). The molecule has 0 radical (unpaired) electrons. The number of aromatic nitrogens is 2. The largest absolute Gasteiger partial charge is 0.352 e. The quantitative estimate of drug-likeness (QED) is 0.542. The average molecular weight is 401 g/mol. The fourth-order valence-corrected chi connectivity index (χ4v) is 3.82. The maximum Gasteiger partial charge on any atom is 0.237 e. The second kappa shape index (κ2) is 10.4. The Balaban J connectivity index is 1.39. The summed E-state index contributed by atoms with van der Waals surface area (Å²) in [6, 6.07) is 3.62. The van der Waals surface area contributed by atoms with Crippen LogP contribution in [0, 0.1) is 0 Å². The summed E-state index contributed by atoms with van der Waals surface area (Å²) in [4.78, 5) is 30.9. The van der Waals surface area contributed by atoms with Crippen molar-refractivity contribution in [1.82, 2.24) is 19.8 Å². The lowest BCUT2D eigenvalue weighted by Crippen LogP contribution is -2.50. The molecule has 0 saturated carbocycles. The number of carbonyl (C=O) groups is 2. The maximum absolute atomic E-state index is 12.6. The minimum Gasteiger partial charge on any atom is -0.352 e. The van der Waals surface area contributed by atoms with Crippen LogP contribution in [0.3, 0.4) is 0 Å². The SMILES string of the molecule is NCCCCC(N)C(=O)NC1CCN(C(=O)CCn2ccc3ccncc32)CC1. The molecule has 3 rings (SSSR count). The number of hydrogen-bond acceptors (Lipinski definition) is 5. The first-order valence-electron chi connectivity index (χ1n) is 10.5. The van der Waals surface area contributed by atoms with Gasteiger partial charge in [0.2, 0.25) is 11.8 Å². The topological polar surface area (TPSA) is 119 Å². The van der Waals surface area contributed by atoms with Gasteiger partial charge in [-0.1, -0.05) is 6.42 Å². The van der Waals surface area contributed by atoms with Gasteiger partial charge in [-0.3, -0.25) is 14.6 Å². The van der Waals surface area contributed by atoms with Gasteiger partial charge < -0.3 is 26.3 Å². The van der Waals surface area contributed by atoms with Crippen molar-refractivity contribution >= 4 is 22.7 Å². The summed E-state index contributed by atoms with van der Waals surface area (Å²) in [6.45, 7) is 2.60. The lowest BCUT2D eigenvalue weighted by Gasteiger charge is -2.33. The van der Waals surface area contributed by atoms with Crippen LogP contribution in [0.2, 0.25) is 0 Å². The molecule has 0 aliphatic carbocycles. The summed E-state index contributed by atoms with van der Waals surface area (Å²) in [7, 11) is 0. The number of carbonyl (C=O) groups excluding carboxylic acids is 2. The molecule has 5 N–H and O–H groups in total. The Morgan fingerprint density at radius 2 is 2.03 bits per heavy atom. The third kappa shape index (κ3) is 5.77. The van der Waals surface area contributed by atoms with E-state index in [1.807, 2.05) is 29.4 Å². The van der Waals surface area contributed by atoms with Crippen molar-refractivity contribution in [2.45, 2.75) is 57.2 Å². The highest BCUT2D eigenvalue weighted by molar-refractivity contribution is 5.82. The molecule has 2 aromatic rings. The Labute approximate surface area is 171 Å². The highest BCUT2D eigenvalue weighted by atomic mass is 16.2. The zero-order valence-corrected chi connectivity index (χ0v) is 16.9. The van der Waals surface area contributed by atoms with Gasteiger partial charge in [0.05, 0.1) is 17.8 Å². The summed E-state index contributed by atoms with van der Waals surface area (Å²) in [6.07, 6.45) is 10.0. The predicted molar refractivity (Wildman–Crippen MR) is 113 cm³/mol. The summed E-state index contributed by atoms with van der Waals surface area (Å²) in [5.41, 5.74) is 12.5. The van der Waals surface area contributed by atoms with Gasteiger partial charge in [-0.2, -0.15) is 0 Å². The van der Waals surface area contributed by atoms with Crippen LogP contribution in [0.1, 0.15) is 38.5 Å². The number of nitrogens with two attached hydrogens (primary N) is 2. The Bertz CT molecular complexity index is 812. The molecule has 2 amide bonds. The number of piperidine rings is 1. The van der Waals surface area contributed by atoms with E-state index in [2.05, 4.69) is 14.9 Å². The van der Waals surface area contributed by atoms with Crippen LogP contribution in [0.15, 0.2) is 30.7 Å². The Morgan fingerprint density at radius 3 is 2.79 bits per heavy atom. The van der Waals surface area contributed by atoms with Gasteiger partial charge in [0.15, 0.2) is 0 Å². The molecular formula is C21H32N6O2. The summed E-state index contributed by atoms with van der Waals surface area (Å²) < 4.78 is 2.07. The van der Waals surface area contributed by atoms with Gasteiger partial charge in [0.25, 0.3) is 0 Å². The summed E-state index contributed by atoms with van der Waals surface area (Å²) in [5, 5.41) is 4.17. The fraction of sp³-hybridized carbons (Fsp3) is 0.571. The van der Waals surface area contributed by atoms with Crippen molar-refractivity contribution in [2.24, 2.45) is 11.5 Å². The van der Waals surface area contributed by atoms with E-state index in [1.165, 1.54) is 0 Å². The number of unbranched alkanes of at least 4 members (excludes halogenated alkanes) is 1. The van der Waals surface area contributed by atoms with E-state index in [1.54, 1.807) is 6.20 Å². The van der Waals surface area contributed by atoms with Crippen LogP contribution in [-0.4, -0.2) is 58.0 Å². The number of fused-ring (bicyclic) bond motifs is 1. The van der Waals surface area contributed by atoms with Gasteiger partial charge in [-0.05, 0) is 44.4 Å². The summed E-state index contributed by atoms with van der Waals surface area (Å²) >= 11 is 0. The lowest BCUT2D eigenvalue weighted by atomic mass is 10.0. The Morgan fingerprint density at radius 1 is 1.24 bits per heavy atom. The fourth-order valence-electron chi connectivity index (χ4n) is 3.82. The smallest absolute Gasteiger partial charge is 0.237 e. The molecule has 1 fully saturated rings. The number of nitrogens with zero attached hydrogens (tertiary/aromatic N) is 3. The molecule has 1 unspecified atom stereocenters. The van der Waals surface area contributed by atoms with Gasteiger partial charge >= 0.3 is 0 Å². The lowest BCUT2D eigenvalue weighted by molar-refractivity contribution is -0.132. The molecule has 3 heterocycles. The maximum atomic E-state index is 12.6. The van der Waals surface area contributed by atoms with E-state index in [9.17, 15) is 9.59 Å².